The molecule has 6 heteroatoms. The Morgan fingerprint density at radius 3 is 2.67 bits per heavy atom. The van der Waals surface area contributed by atoms with Crippen molar-refractivity contribution < 1.29 is 19.1 Å². The van der Waals surface area contributed by atoms with Gasteiger partial charge in [0.05, 0.1) is 18.0 Å². The number of amides is 2. The van der Waals surface area contributed by atoms with Crippen LogP contribution >= 0.6 is 0 Å². The maximum Gasteiger partial charge on any atom is 0.242 e. The number of benzene rings is 1. The maximum atomic E-state index is 12.6. The molecule has 1 aliphatic heterocycles. The highest BCUT2D eigenvalue weighted by molar-refractivity contribution is 6.19. The number of carbonyl (C=O) groups is 3. The number of aldehydes is 1. The third-order valence-electron chi connectivity index (χ3n) is 3.56. The van der Waals surface area contributed by atoms with Crippen LogP contribution in [0.4, 0.5) is 11.4 Å². The lowest BCUT2D eigenvalue weighted by Gasteiger charge is -2.27. The number of methoxy groups -OCH3 is 1. The molecule has 1 aliphatic rings. The summed E-state index contributed by atoms with van der Waals surface area (Å²) in [7, 11) is 1.55. The van der Waals surface area contributed by atoms with Gasteiger partial charge in [-0.15, -0.1) is 0 Å². The summed E-state index contributed by atoms with van der Waals surface area (Å²) < 4.78 is 5.03. The lowest BCUT2D eigenvalue weighted by molar-refractivity contribution is -0.136. The van der Waals surface area contributed by atoms with Crippen LogP contribution in [-0.2, 0) is 14.3 Å². The smallest absolute Gasteiger partial charge is 0.242 e. The summed E-state index contributed by atoms with van der Waals surface area (Å²) >= 11 is 0. The summed E-state index contributed by atoms with van der Waals surface area (Å²) in [5, 5.41) is 2.72. The zero-order valence-electron chi connectivity index (χ0n) is 12.3. The van der Waals surface area contributed by atoms with Gasteiger partial charge < -0.3 is 15.0 Å². The Kier molecular flexibility index (Phi) is 4.09. The third kappa shape index (κ3) is 2.67. The van der Waals surface area contributed by atoms with Crippen molar-refractivity contribution >= 4 is 29.5 Å². The first-order chi connectivity index (χ1) is 9.91. The number of hydrogen-bond donors (Lipinski definition) is 1. The molecule has 2 rings (SSSR count). The number of nitrogens with one attached hydrogen (secondary N) is 1. The molecule has 0 saturated carbocycles. The summed E-state index contributed by atoms with van der Waals surface area (Å²) in [5.41, 5.74) is 0.280. The SMILES string of the molecule is COCCN1C(=O)C(C)(C)C(=O)Nc2cc(C=O)ccc21. The van der Waals surface area contributed by atoms with Crippen molar-refractivity contribution in [2.24, 2.45) is 5.41 Å². The number of ether oxygens (including phenoxy) is 1. The fourth-order valence-electron chi connectivity index (χ4n) is 2.19. The van der Waals surface area contributed by atoms with Crippen molar-refractivity contribution in [1.29, 1.82) is 0 Å². The van der Waals surface area contributed by atoms with Crippen LogP contribution in [0.15, 0.2) is 18.2 Å². The molecule has 0 radical (unpaired) electrons. The van der Waals surface area contributed by atoms with Crippen molar-refractivity contribution in [3.8, 4) is 0 Å². The number of fused-ring (bicyclic) bond motifs is 1. The molecular formula is C15H18N2O4. The first-order valence-corrected chi connectivity index (χ1v) is 6.63. The van der Waals surface area contributed by atoms with Crippen molar-refractivity contribution in [1.82, 2.24) is 0 Å². The summed E-state index contributed by atoms with van der Waals surface area (Å²) in [6, 6.07) is 4.84. The second kappa shape index (κ2) is 5.65. The Balaban J connectivity index is 2.54. The minimum atomic E-state index is -1.19. The monoisotopic (exact) mass is 290 g/mol. The molecule has 1 aromatic rings. The Bertz CT molecular complexity index is 595. The van der Waals surface area contributed by atoms with Crippen LogP contribution in [0.1, 0.15) is 24.2 Å². The van der Waals surface area contributed by atoms with Gasteiger partial charge in [-0.3, -0.25) is 14.4 Å². The number of rotatable bonds is 4. The van der Waals surface area contributed by atoms with E-state index in [9.17, 15) is 14.4 Å². The normalized spacial score (nSPS) is 17.0. The van der Waals surface area contributed by atoms with Gasteiger partial charge in [0.1, 0.15) is 11.7 Å². The van der Waals surface area contributed by atoms with Gasteiger partial charge in [-0.1, -0.05) is 0 Å². The van der Waals surface area contributed by atoms with Crippen LogP contribution in [0.3, 0.4) is 0 Å². The lowest BCUT2D eigenvalue weighted by atomic mass is 9.91. The Labute approximate surface area is 123 Å². The Morgan fingerprint density at radius 2 is 2.05 bits per heavy atom. The standard InChI is InChI=1S/C15H18N2O4/c1-15(2)13(19)16-11-8-10(9-18)4-5-12(11)17(14(15)20)6-7-21-3/h4-5,8-9H,6-7H2,1-3H3,(H,16,19). The predicted octanol–water partition coefficient (Wildman–Crippen LogP) is 1.46. The van der Waals surface area contributed by atoms with Crippen molar-refractivity contribution in [3.63, 3.8) is 0 Å². The van der Waals surface area contributed by atoms with E-state index in [0.29, 0.717) is 36.4 Å². The number of hydrogen-bond acceptors (Lipinski definition) is 4. The Morgan fingerprint density at radius 1 is 1.33 bits per heavy atom. The number of anilines is 2. The van der Waals surface area contributed by atoms with Gasteiger partial charge in [-0.2, -0.15) is 0 Å². The van der Waals surface area contributed by atoms with Crippen molar-refractivity contribution in [2.45, 2.75) is 13.8 Å². The fourth-order valence-corrected chi connectivity index (χ4v) is 2.19. The zero-order chi connectivity index (χ0) is 15.6. The largest absolute Gasteiger partial charge is 0.383 e. The molecule has 1 N–H and O–H groups in total. The van der Waals surface area contributed by atoms with E-state index in [2.05, 4.69) is 5.32 Å². The van der Waals surface area contributed by atoms with Crippen LogP contribution in [0.25, 0.3) is 0 Å². The first-order valence-electron chi connectivity index (χ1n) is 6.63. The van der Waals surface area contributed by atoms with Gasteiger partial charge >= 0.3 is 0 Å². The molecule has 2 amide bonds. The van der Waals surface area contributed by atoms with Crippen LogP contribution in [0.5, 0.6) is 0 Å². The summed E-state index contributed by atoms with van der Waals surface area (Å²) in [6.45, 7) is 3.85. The second-order valence-electron chi connectivity index (χ2n) is 5.42. The topological polar surface area (TPSA) is 75.7 Å². The highest BCUT2D eigenvalue weighted by atomic mass is 16.5. The van der Waals surface area contributed by atoms with E-state index >= 15 is 0 Å². The Hall–Kier alpha value is -2.21. The van der Waals surface area contributed by atoms with Crippen LogP contribution < -0.4 is 10.2 Å². The highest BCUT2D eigenvalue weighted by Crippen LogP contribution is 2.35. The lowest BCUT2D eigenvalue weighted by Crippen LogP contribution is -2.46. The van der Waals surface area contributed by atoms with Gasteiger partial charge in [0, 0.05) is 19.2 Å². The van der Waals surface area contributed by atoms with Gasteiger partial charge in [0.15, 0.2) is 0 Å². The van der Waals surface area contributed by atoms with Gasteiger partial charge in [-0.05, 0) is 32.0 Å². The third-order valence-corrected chi connectivity index (χ3v) is 3.56. The predicted molar refractivity (Wildman–Crippen MR) is 78.5 cm³/mol. The van der Waals surface area contributed by atoms with Crippen molar-refractivity contribution in [3.05, 3.63) is 23.8 Å². The summed E-state index contributed by atoms with van der Waals surface area (Å²) in [6.07, 6.45) is 0.698. The van der Waals surface area contributed by atoms with Crippen LogP contribution in [0.2, 0.25) is 0 Å². The average molecular weight is 290 g/mol. The van der Waals surface area contributed by atoms with Crippen LogP contribution in [-0.4, -0.2) is 38.4 Å². The highest BCUT2D eigenvalue weighted by Gasteiger charge is 2.42. The first kappa shape index (κ1) is 15.2. The van der Waals surface area contributed by atoms with E-state index < -0.39 is 11.3 Å². The summed E-state index contributed by atoms with van der Waals surface area (Å²) in [5.74, 6) is -0.689. The van der Waals surface area contributed by atoms with Gasteiger partial charge in [0.25, 0.3) is 0 Å². The van der Waals surface area contributed by atoms with E-state index in [-0.39, 0.29) is 5.91 Å². The maximum absolute atomic E-state index is 12.6. The zero-order valence-corrected chi connectivity index (χ0v) is 12.3. The van der Waals surface area contributed by atoms with E-state index in [0.717, 1.165) is 0 Å². The molecule has 0 fully saturated rings. The molecule has 6 nitrogen and oxygen atoms in total. The molecule has 0 aromatic heterocycles. The minimum absolute atomic E-state index is 0.297. The fraction of sp³-hybridized carbons (Fsp3) is 0.400. The molecule has 0 atom stereocenters. The average Bonchev–Trinajstić information content (AvgIpc) is 2.53. The number of carbonyl (C=O) groups excluding carboxylic acids is 3. The molecule has 112 valence electrons. The molecule has 0 unspecified atom stereocenters. The van der Waals surface area contributed by atoms with Gasteiger partial charge in [0.2, 0.25) is 11.8 Å². The van der Waals surface area contributed by atoms with Gasteiger partial charge in [-0.25, -0.2) is 0 Å². The van der Waals surface area contributed by atoms with E-state index in [4.69, 9.17) is 4.74 Å². The number of nitrogens with zero attached hydrogens (tertiary/aromatic N) is 1. The molecule has 0 bridgehead atoms. The molecule has 21 heavy (non-hydrogen) atoms. The molecule has 0 aliphatic carbocycles. The van der Waals surface area contributed by atoms with E-state index in [1.165, 1.54) is 4.90 Å². The van der Waals surface area contributed by atoms with Crippen LogP contribution in [0, 0.1) is 5.41 Å². The second-order valence-corrected chi connectivity index (χ2v) is 5.42. The molecule has 0 saturated heterocycles. The summed E-state index contributed by atoms with van der Waals surface area (Å²) in [4.78, 5) is 37.3. The van der Waals surface area contributed by atoms with E-state index in [1.54, 1.807) is 39.2 Å². The van der Waals surface area contributed by atoms with Crippen molar-refractivity contribution in [2.75, 3.05) is 30.5 Å². The molecule has 1 heterocycles. The minimum Gasteiger partial charge on any atom is -0.383 e. The molecule has 0 spiro atoms. The quantitative estimate of drug-likeness (QED) is 0.673. The molecular weight excluding hydrogens is 272 g/mol. The van der Waals surface area contributed by atoms with E-state index in [1.807, 2.05) is 0 Å². The molecule has 1 aromatic carbocycles.